The number of likely N-dealkylation sites (tertiary alicyclic amines) is 1. The summed E-state index contributed by atoms with van der Waals surface area (Å²) in [5, 5.41) is 0. The van der Waals surface area contributed by atoms with E-state index in [1.54, 1.807) is 4.90 Å². The van der Waals surface area contributed by atoms with Crippen molar-refractivity contribution in [3.63, 3.8) is 0 Å². The topological polar surface area (TPSA) is 46.6 Å². The molecule has 2 aromatic rings. The number of carbonyl (C=O) groups excluding carboxylic acids is 2. The van der Waals surface area contributed by atoms with Gasteiger partial charge in [-0.2, -0.15) is 0 Å². The quantitative estimate of drug-likeness (QED) is 0.806. The van der Waals surface area contributed by atoms with Crippen molar-refractivity contribution in [2.75, 3.05) is 20.2 Å². The number of carbonyl (C=O) groups is 2. The summed E-state index contributed by atoms with van der Waals surface area (Å²) in [6.07, 6.45) is 0. The maximum atomic E-state index is 13.3. The molecule has 2 aromatic carbocycles. The molecule has 0 unspecified atom stereocenters. The van der Waals surface area contributed by atoms with Crippen LogP contribution in [0.4, 0.5) is 0 Å². The minimum atomic E-state index is -0.356. The molecule has 0 aromatic heterocycles. The van der Waals surface area contributed by atoms with Crippen molar-refractivity contribution in [2.45, 2.75) is 12.8 Å². The van der Waals surface area contributed by atoms with E-state index in [9.17, 15) is 9.59 Å². The predicted octanol–water partition coefficient (Wildman–Crippen LogP) is 3.09. The van der Waals surface area contributed by atoms with Crippen molar-refractivity contribution in [3.8, 4) is 0 Å². The number of hydrogen-bond donors (Lipinski definition) is 0. The third-order valence-corrected chi connectivity index (χ3v) is 4.94. The lowest BCUT2D eigenvalue weighted by Crippen LogP contribution is -2.34. The fourth-order valence-corrected chi connectivity index (χ4v) is 3.56. The maximum Gasteiger partial charge on any atom is 0.310 e. The van der Waals surface area contributed by atoms with Crippen LogP contribution in [0.2, 0.25) is 0 Å². The normalized spacial score (nSPS) is 19.9. The zero-order chi connectivity index (χ0) is 17.8. The van der Waals surface area contributed by atoms with Gasteiger partial charge in [0.05, 0.1) is 18.9 Å². The minimum absolute atomic E-state index is 0.0376. The number of hydrogen-bond acceptors (Lipinski definition) is 3. The van der Waals surface area contributed by atoms with E-state index >= 15 is 0 Å². The molecule has 1 heterocycles. The van der Waals surface area contributed by atoms with Crippen LogP contribution >= 0.6 is 0 Å². The van der Waals surface area contributed by atoms with E-state index in [2.05, 4.69) is 0 Å². The third-order valence-electron chi connectivity index (χ3n) is 4.94. The molecule has 0 radical (unpaired) electrons. The Morgan fingerprint density at radius 3 is 1.96 bits per heavy atom. The van der Waals surface area contributed by atoms with Crippen molar-refractivity contribution >= 4 is 11.9 Å². The van der Waals surface area contributed by atoms with Crippen LogP contribution in [0.1, 0.15) is 24.0 Å². The largest absolute Gasteiger partial charge is 0.469 e. The third kappa shape index (κ3) is 3.58. The minimum Gasteiger partial charge on any atom is -0.469 e. The number of benzene rings is 2. The second-order valence-corrected chi connectivity index (χ2v) is 6.60. The molecule has 4 nitrogen and oxygen atoms in total. The van der Waals surface area contributed by atoms with Crippen LogP contribution in [-0.4, -0.2) is 37.0 Å². The molecule has 0 spiro atoms. The van der Waals surface area contributed by atoms with Crippen LogP contribution in [0, 0.1) is 11.8 Å². The lowest BCUT2D eigenvalue weighted by molar-refractivity contribution is -0.146. The lowest BCUT2D eigenvalue weighted by Gasteiger charge is -2.24. The molecule has 3 rings (SSSR count). The molecule has 1 saturated heterocycles. The Bertz CT molecular complexity index is 690. The van der Waals surface area contributed by atoms with Crippen LogP contribution in [0.3, 0.4) is 0 Å². The molecule has 1 fully saturated rings. The van der Waals surface area contributed by atoms with E-state index in [1.807, 2.05) is 67.6 Å². The molecule has 2 atom stereocenters. The zero-order valence-electron chi connectivity index (χ0n) is 14.6. The summed E-state index contributed by atoms with van der Waals surface area (Å²) < 4.78 is 4.89. The molecule has 0 aliphatic carbocycles. The van der Waals surface area contributed by atoms with Crippen LogP contribution in [0.15, 0.2) is 60.7 Å². The van der Waals surface area contributed by atoms with Crippen LogP contribution in [-0.2, 0) is 14.3 Å². The first-order valence-electron chi connectivity index (χ1n) is 8.58. The Morgan fingerprint density at radius 2 is 1.48 bits per heavy atom. The first-order chi connectivity index (χ1) is 12.1. The van der Waals surface area contributed by atoms with Gasteiger partial charge in [-0.15, -0.1) is 0 Å². The number of methoxy groups -OCH3 is 1. The van der Waals surface area contributed by atoms with Gasteiger partial charge < -0.3 is 9.64 Å². The van der Waals surface area contributed by atoms with E-state index in [0.717, 1.165) is 11.1 Å². The van der Waals surface area contributed by atoms with Gasteiger partial charge in [0, 0.05) is 13.1 Å². The molecule has 1 aliphatic heterocycles. The summed E-state index contributed by atoms with van der Waals surface area (Å²) in [6, 6.07) is 19.6. The van der Waals surface area contributed by atoms with Gasteiger partial charge in [-0.1, -0.05) is 67.6 Å². The van der Waals surface area contributed by atoms with E-state index in [0.29, 0.717) is 13.1 Å². The zero-order valence-corrected chi connectivity index (χ0v) is 14.6. The SMILES string of the molecule is COC(=O)[C@@H]1CN(C(=O)C(c2ccccc2)c2ccccc2)C[C@H]1C. The first kappa shape index (κ1) is 17.2. The van der Waals surface area contributed by atoms with Crippen LogP contribution < -0.4 is 0 Å². The highest BCUT2D eigenvalue weighted by atomic mass is 16.5. The molecular weight excluding hydrogens is 314 g/mol. The number of esters is 1. The number of rotatable bonds is 4. The highest BCUT2D eigenvalue weighted by Gasteiger charge is 2.40. The van der Waals surface area contributed by atoms with Crippen molar-refractivity contribution in [1.82, 2.24) is 4.90 Å². The molecule has 0 saturated carbocycles. The molecule has 0 N–H and O–H groups in total. The number of nitrogens with zero attached hydrogens (tertiary/aromatic N) is 1. The molecule has 25 heavy (non-hydrogen) atoms. The van der Waals surface area contributed by atoms with E-state index < -0.39 is 0 Å². The van der Waals surface area contributed by atoms with Crippen LogP contribution in [0.25, 0.3) is 0 Å². The monoisotopic (exact) mass is 337 g/mol. The van der Waals surface area contributed by atoms with Gasteiger partial charge in [-0.25, -0.2) is 0 Å². The Balaban J connectivity index is 1.90. The highest BCUT2D eigenvalue weighted by molar-refractivity contribution is 5.88. The van der Waals surface area contributed by atoms with Crippen molar-refractivity contribution in [3.05, 3.63) is 71.8 Å². The fourth-order valence-electron chi connectivity index (χ4n) is 3.56. The van der Waals surface area contributed by atoms with Crippen molar-refractivity contribution < 1.29 is 14.3 Å². The average molecular weight is 337 g/mol. The molecular formula is C21H23NO3. The average Bonchev–Trinajstić information content (AvgIpc) is 3.05. The standard InChI is InChI=1S/C21H23NO3/c1-15-13-22(14-18(15)21(24)25-2)20(23)19(16-9-5-3-6-10-16)17-11-7-4-8-12-17/h3-12,15,18-19H,13-14H2,1-2H3/t15-,18-/m1/s1. The number of amides is 1. The van der Waals surface area contributed by atoms with Gasteiger partial charge in [0.1, 0.15) is 0 Å². The Labute approximate surface area is 148 Å². The summed E-state index contributed by atoms with van der Waals surface area (Å²) >= 11 is 0. The van der Waals surface area contributed by atoms with Gasteiger partial charge in [0.15, 0.2) is 0 Å². The Morgan fingerprint density at radius 1 is 0.960 bits per heavy atom. The van der Waals surface area contributed by atoms with E-state index in [4.69, 9.17) is 4.74 Å². The smallest absolute Gasteiger partial charge is 0.310 e. The predicted molar refractivity (Wildman–Crippen MR) is 96.0 cm³/mol. The van der Waals surface area contributed by atoms with Gasteiger partial charge in [-0.3, -0.25) is 9.59 Å². The van der Waals surface area contributed by atoms with Gasteiger partial charge in [0.25, 0.3) is 0 Å². The summed E-state index contributed by atoms with van der Waals surface area (Å²) in [5.74, 6) is -0.704. The summed E-state index contributed by atoms with van der Waals surface area (Å²) in [5.41, 5.74) is 1.93. The molecule has 0 bridgehead atoms. The van der Waals surface area contributed by atoms with E-state index in [-0.39, 0.29) is 29.6 Å². The number of ether oxygens (including phenoxy) is 1. The summed E-state index contributed by atoms with van der Waals surface area (Å²) in [6.45, 7) is 2.99. The maximum absolute atomic E-state index is 13.3. The summed E-state index contributed by atoms with van der Waals surface area (Å²) in [4.78, 5) is 27.1. The second kappa shape index (κ2) is 7.51. The highest BCUT2D eigenvalue weighted by Crippen LogP contribution is 2.31. The Kier molecular flexibility index (Phi) is 5.17. The van der Waals surface area contributed by atoms with Gasteiger partial charge in [0.2, 0.25) is 5.91 Å². The summed E-state index contributed by atoms with van der Waals surface area (Å²) in [7, 11) is 1.40. The van der Waals surface area contributed by atoms with Crippen LogP contribution in [0.5, 0.6) is 0 Å². The van der Waals surface area contributed by atoms with Gasteiger partial charge in [-0.05, 0) is 17.0 Å². The second-order valence-electron chi connectivity index (χ2n) is 6.60. The fraction of sp³-hybridized carbons (Fsp3) is 0.333. The molecule has 4 heteroatoms. The van der Waals surface area contributed by atoms with Crippen molar-refractivity contribution in [1.29, 1.82) is 0 Å². The van der Waals surface area contributed by atoms with Gasteiger partial charge >= 0.3 is 5.97 Å². The van der Waals surface area contributed by atoms with E-state index in [1.165, 1.54) is 7.11 Å². The lowest BCUT2D eigenvalue weighted by atomic mass is 9.90. The molecule has 1 aliphatic rings. The first-order valence-corrected chi connectivity index (χ1v) is 8.58. The Hall–Kier alpha value is -2.62. The van der Waals surface area contributed by atoms with Crippen molar-refractivity contribution in [2.24, 2.45) is 11.8 Å². The molecule has 130 valence electrons. The molecule has 1 amide bonds.